The van der Waals surface area contributed by atoms with Crippen molar-refractivity contribution in [2.75, 3.05) is 33.7 Å². The van der Waals surface area contributed by atoms with Crippen LogP contribution in [0.3, 0.4) is 0 Å². The van der Waals surface area contributed by atoms with Crippen LogP contribution in [-0.2, 0) is 4.79 Å². The van der Waals surface area contributed by atoms with Crippen molar-refractivity contribution in [3.63, 3.8) is 0 Å². The maximum Gasteiger partial charge on any atom is 0.237 e. The fourth-order valence-corrected chi connectivity index (χ4v) is 2.54. The first-order valence-corrected chi connectivity index (χ1v) is 6.91. The number of carbonyl (C=O) groups is 1. The predicted octanol–water partition coefficient (Wildman–Crippen LogP) is 1.17. The van der Waals surface area contributed by atoms with E-state index in [1.807, 2.05) is 19.0 Å². The van der Waals surface area contributed by atoms with Gasteiger partial charge in [0.15, 0.2) is 0 Å². The zero-order chi connectivity index (χ0) is 13.9. The van der Waals surface area contributed by atoms with Crippen molar-refractivity contribution in [1.82, 2.24) is 15.1 Å². The molecule has 1 amide bonds. The lowest BCUT2D eigenvalue weighted by atomic mass is 9.93. The van der Waals surface area contributed by atoms with Crippen molar-refractivity contribution in [1.29, 1.82) is 0 Å². The van der Waals surface area contributed by atoms with Gasteiger partial charge in [-0.15, -0.1) is 0 Å². The van der Waals surface area contributed by atoms with Crippen LogP contribution in [0.4, 0.5) is 0 Å². The molecule has 1 fully saturated rings. The van der Waals surface area contributed by atoms with Gasteiger partial charge in [0.25, 0.3) is 0 Å². The Kier molecular flexibility index (Phi) is 5.17. The Morgan fingerprint density at radius 3 is 2.56 bits per heavy atom. The first-order valence-electron chi connectivity index (χ1n) is 6.91. The zero-order valence-electron chi connectivity index (χ0n) is 12.8. The highest BCUT2D eigenvalue weighted by molar-refractivity contribution is 5.79. The van der Waals surface area contributed by atoms with E-state index in [1.165, 1.54) is 0 Å². The summed E-state index contributed by atoms with van der Waals surface area (Å²) in [6.07, 6.45) is 1.13. The Morgan fingerprint density at radius 2 is 2.06 bits per heavy atom. The van der Waals surface area contributed by atoms with E-state index in [0.29, 0.717) is 18.5 Å². The summed E-state index contributed by atoms with van der Waals surface area (Å²) >= 11 is 0. The largest absolute Gasteiger partial charge is 0.334 e. The SMILES string of the molecule is CC(C)CC1CN(C(=O)CN(C)C)C(C)(C)CN1. The van der Waals surface area contributed by atoms with Gasteiger partial charge in [-0.05, 0) is 40.3 Å². The molecular formula is C14H29N3O. The third-order valence-corrected chi connectivity index (χ3v) is 3.47. The van der Waals surface area contributed by atoms with Crippen LogP contribution in [0.2, 0.25) is 0 Å². The predicted molar refractivity (Wildman–Crippen MR) is 75.6 cm³/mol. The smallest absolute Gasteiger partial charge is 0.237 e. The van der Waals surface area contributed by atoms with E-state index in [2.05, 4.69) is 37.9 Å². The van der Waals surface area contributed by atoms with E-state index in [0.717, 1.165) is 19.5 Å². The van der Waals surface area contributed by atoms with Crippen molar-refractivity contribution in [2.24, 2.45) is 5.92 Å². The number of amides is 1. The standard InChI is InChI=1S/C14H29N3O/c1-11(2)7-12-8-17(13(18)9-16(5)6)14(3,4)10-15-12/h11-12,15H,7-10H2,1-6H3. The molecule has 0 bridgehead atoms. The maximum atomic E-state index is 12.3. The fraction of sp³-hybridized carbons (Fsp3) is 0.929. The summed E-state index contributed by atoms with van der Waals surface area (Å²) in [5.41, 5.74) is -0.0828. The van der Waals surface area contributed by atoms with E-state index >= 15 is 0 Å². The lowest BCUT2D eigenvalue weighted by molar-refractivity contribution is -0.139. The van der Waals surface area contributed by atoms with Crippen molar-refractivity contribution in [3.05, 3.63) is 0 Å². The second-order valence-corrected chi connectivity index (χ2v) is 6.76. The van der Waals surface area contributed by atoms with Crippen LogP contribution >= 0.6 is 0 Å². The molecule has 1 heterocycles. The van der Waals surface area contributed by atoms with E-state index in [-0.39, 0.29) is 11.4 Å². The summed E-state index contributed by atoms with van der Waals surface area (Å²) in [5, 5.41) is 3.57. The monoisotopic (exact) mass is 255 g/mol. The van der Waals surface area contributed by atoms with Gasteiger partial charge >= 0.3 is 0 Å². The molecule has 0 spiro atoms. The number of nitrogens with zero attached hydrogens (tertiary/aromatic N) is 2. The number of piperazine rings is 1. The first-order chi connectivity index (χ1) is 8.22. The zero-order valence-corrected chi connectivity index (χ0v) is 12.8. The van der Waals surface area contributed by atoms with Crippen molar-refractivity contribution >= 4 is 5.91 Å². The summed E-state index contributed by atoms with van der Waals surface area (Å²) in [7, 11) is 3.89. The number of hydrogen-bond acceptors (Lipinski definition) is 3. The van der Waals surface area contributed by atoms with Crippen molar-refractivity contribution in [3.8, 4) is 0 Å². The van der Waals surface area contributed by atoms with Gasteiger partial charge in [-0.2, -0.15) is 0 Å². The van der Waals surface area contributed by atoms with Gasteiger partial charge in [0.05, 0.1) is 6.54 Å². The molecule has 0 saturated carbocycles. The Hall–Kier alpha value is -0.610. The Balaban J connectivity index is 2.68. The Labute approximate surface area is 112 Å². The second-order valence-electron chi connectivity index (χ2n) is 6.76. The minimum Gasteiger partial charge on any atom is -0.334 e. The summed E-state index contributed by atoms with van der Waals surface area (Å²) in [6, 6.07) is 0.434. The minimum atomic E-state index is -0.0828. The molecule has 1 atom stereocenters. The van der Waals surface area contributed by atoms with Crippen LogP contribution in [0, 0.1) is 5.92 Å². The maximum absolute atomic E-state index is 12.3. The highest BCUT2D eigenvalue weighted by atomic mass is 16.2. The molecule has 1 aliphatic rings. The van der Waals surface area contributed by atoms with Gasteiger partial charge in [-0.25, -0.2) is 0 Å². The van der Waals surface area contributed by atoms with Gasteiger partial charge in [0.2, 0.25) is 5.91 Å². The third-order valence-electron chi connectivity index (χ3n) is 3.47. The average molecular weight is 255 g/mol. The van der Waals surface area contributed by atoms with E-state index in [4.69, 9.17) is 0 Å². The second kappa shape index (κ2) is 6.02. The molecule has 1 rings (SSSR count). The number of likely N-dealkylation sites (N-methyl/N-ethyl adjacent to an activating group) is 1. The van der Waals surface area contributed by atoms with E-state index in [9.17, 15) is 4.79 Å². The summed E-state index contributed by atoms with van der Waals surface area (Å²) in [4.78, 5) is 16.3. The summed E-state index contributed by atoms with van der Waals surface area (Å²) in [6.45, 7) is 10.9. The van der Waals surface area contributed by atoms with Crippen LogP contribution in [0.15, 0.2) is 0 Å². The fourth-order valence-electron chi connectivity index (χ4n) is 2.54. The minimum absolute atomic E-state index is 0.0828. The summed E-state index contributed by atoms with van der Waals surface area (Å²) in [5.74, 6) is 0.898. The molecule has 0 radical (unpaired) electrons. The molecule has 0 aromatic carbocycles. The summed E-state index contributed by atoms with van der Waals surface area (Å²) < 4.78 is 0. The molecule has 0 aliphatic carbocycles. The van der Waals surface area contributed by atoms with Crippen molar-refractivity contribution < 1.29 is 4.79 Å². The van der Waals surface area contributed by atoms with Gasteiger partial charge in [0.1, 0.15) is 0 Å². The van der Waals surface area contributed by atoms with Crippen LogP contribution in [0.5, 0.6) is 0 Å². The molecule has 4 heteroatoms. The Morgan fingerprint density at radius 1 is 1.44 bits per heavy atom. The molecule has 0 aromatic rings. The molecule has 0 aromatic heterocycles. The molecule has 1 saturated heterocycles. The Bertz CT molecular complexity index is 287. The highest BCUT2D eigenvalue weighted by Gasteiger charge is 2.36. The van der Waals surface area contributed by atoms with E-state index < -0.39 is 0 Å². The topological polar surface area (TPSA) is 35.6 Å². The molecule has 1 N–H and O–H groups in total. The highest BCUT2D eigenvalue weighted by Crippen LogP contribution is 2.21. The molecule has 18 heavy (non-hydrogen) atoms. The van der Waals surface area contributed by atoms with Crippen LogP contribution < -0.4 is 5.32 Å². The normalized spacial score (nSPS) is 23.8. The number of nitrogens with one attached hydrogen (secondary N) is 1. The number of hydrogen-bond donors (Lipinski definition) is 1. The van der Waals surface area contributed by atoms with Gasteiger partial charge in [0, 0.05) is 24.7 Å². The van der Waals surface area contributed by atoms with Gasteiger partial charge < -0.3 is 15.1 Å². The van der Waals surface area contributed by atoms with Crippen LogP contribution in [0.25, 0.3) is 0 Å². The molecule has 1 aliphatic heterocycles. The average Bonchev–Trinajstić information content (AvgIpc) is 2.18. The quantitative estimate of drug-likeness (QED) is 0.819. The van der Waals surface area contributed by atoms with Gasteiger partial charge in [-0.3, -0.25) is 4.79 Å². The lowest BCUT2D eigenvalue weighted by Gasteiger charge is -2.47. The van der Waals surface area contributed by atoms with E-state index in [1.54, 1.807) is 0 Å². The number of carbonyl (C=O) groups excluding carboxylic acids is 1. The molecule has 106 valence electrons. The first kappa shape index (κ1) is 15.4. The van der Waals surface area contributed by atoms with Crippen molar-refractivity contribution in [2.45, 2.75) is 45.7 Å². The third kappa shape index (κ3) is 4.25. The lowest BCUT2D eigenvalue weighted by Crippen LogP contribution is -2.64. The number of rotatable bonds is 4. The molecular weight excluding hydrogens is 226 g/mol. The van der Waals surface area contributed by atoms with Crippen LogP contribution in [-0.4, -0.2) is 61.0 Å². The molecule has 1 unspecified atom stereocenters. The van der Waals surface area contributed by atoms with Crippen LogP contribution in [0.1, 0.15) is 34.1 Å². The van der Waals surface area contributed by atoms with Gasteiger partial charge in [-0.1, -0.05) is 13.8 Å². The molecule has 4 nitrogen and oxygen atoms in total.